The molecule has 0 aliphatic carbocycles. The molecule has 7 nitrogen and oxygen atoms in total. The van der Waals surface area contributed by atoms with Crippen molar-refractivity contribution in [2.45, 2.75) is 38.8 Å². The van der Waals surface area contributed by atoms with E-state index in [0.29, 0.717) is 16.4 Å². The number of hydrogen-bond donors (Lipinski definition) is 1. The van der Waals surface area contributed by atoms with Crippen molar-refractivity contribution in [3.8, 4) is 0 Å². The van der Waals surface area contributed by atoms with E-state index in [1.54, 1.807) is 31.2 Å². The van der Waals surface area contributed by atoms with Gasteiger partial charge in [-0.25, -0.2) is 4.79 Å². The molecule has 2 aromatic rings. The molecule has 1 aromatic carbocycles. The van der Waals surface area contributed by atoms with Crippen LogP contribution in [0, 0.1) is 0 Å². The third-order valence-corrected chi connectivity index (χ3v) is 4.21. The van der Waals surface area contributed by atoms with Crippen molar-refractivity contribution < 1.29 is 14.1 Å². The zero-order chi connectivity index (χ0) is 17.5. The van der Waals surface area contributed by atoms with Crippen LogP contribution in [0.5, 0.6) is 0 Å². The van der Waals surface area contributed by atoms with Gasteiger partial charge in [-0.2, -0.15) is 4.98 Å². The highest BCUT2D eigenvalue weighted by Gasteiger charge is 2.49. The van der Waals surface area contributed by atoms with Gasteiger partial charge >= 0.3 is 6.03 Å². The van der Waals surface area contributed by atoms with Crippen molar-refractivity contribution >= 4 is 23.5 Å². The maximum Gasteiger partial charge on any atom is 0.325 e. The molecule has 0 bridgehead atoms. The highest BCUT2D eigenvalue weighted by atomic mass is 35.5. The largest absolute Gasteiger partial charge is 0.337 e. The van der Waals surface area contributed by atoms with E-state index in [-0.39, 0.29) is 24.3 Å². The normalized spacial score (nSPS) is 20.8. The van der Waals surface area contributed by atoms with E-state index in [4.69, 9.17) is 16.1 Å². The van der Waals surface area contributed by atoms with Crippen molar-refractivity contribution in [2.75, 3.05) is 0 Å². The Morgan fingerprint density at radius 3 is 2.75 bits per heavy atom. The number of aromatic nitrogens is 2. The SMILES string of the molecule is CC(C)c1noc(CN2C(=O)N[C@](C)(c3cccc(Cl)c3)C2=O)n1. The lowest BCUT2D eigenvalue weighted by Crippen LogP contribution is -2.40. The standard InChI is InChI=1S/C16H17ClN4O3/c1-9(2)13-18-12(24-20-13)8-21-14(22)16(3,19-15(21)23)10-5-4-6-11(17)7-10/h4-7,9H,8H2,1-3H3,(H,19,23)/t16-/m1/s1. The summed E-state index contributed by atoms with van der Waals surface area (Å²) in [6.45, 7) is 5.43. The monoisotopic (exact) mass is 348 g/mol. The number of amides is 3. The summed E-state index contributed by atoms with van der Waals surface area (Å²) < 4.78 is 5.12. The number of hydrogen-bond acceptors (Lipinski definition) is 5. The Kier molecular flexibility index (Phi) is 4.04. The van der Waals surface area contributed by atoms with Crippen LogP contribution in [0.4, 0.5) is 4.79 Å². The Morgan fingerprint density at radius 1 is 1.38 bits per heavy atom. The molecule has 3 amide bonds. The maximum atomic E-state index is 12.8. The second kappa shape index (κ2) is 5.90. The molecule has 24 heavy (non-hydrogen) atoms. The zero-order valence-electron chi connectivity index (χ0n) is 13.5. The zero-order valence-corrected chi connectivity index (χ0v) is 14.3. The first-order valence-electron chi connectivity index (χ1n) is 7.54. The molecule has 0 radical (unpaired) electrons. The number of nitrogens with zero attached hydrogens (tertiary/aromatic N) is 3. The number of rotatable bonds is 4. The van der Waals surface area contributed by atoms with E-state index in [1.807, 2.05) is 13.8 Å². The average Bonchev–Trinajstić information content (AvgIpc) is 3.07. The summed E-state index contributed by atoms with van der Waals surface area (Å²) in [6.07, 6.45) is 0. The van der Waals surface area contributed by atoms with E-state index < -0.39 is 11.6 Å². The summed E-state index contributed by atoms with van der Waals surface area (Å²) in [4.78, 5) is 30.4. The number of benzene rings is 1. The number of carbonyl (C=O) groups is 2. The Hall–Kier alpha value is -2.41. The predicted octanol–water partition coefficient (Wildman–Crippen LogP) is 2.81. The van der Waals surface area contributed by atoms with Gasteiger partial charge in [0.1, 0.15) is 12.1 Å². The van der Waals surface area contributed by atoms with Crippen LogP contribution < -0.4 is 5.32 Å². The van der Waals surface area contributed by atoms with Crippen LogP contribution in [0.15, 0.2) is 28.8 Å². The highest BCUT2D eigenvalue weighted by molar-refractivity contribution is 6.30. The summed E-state index contributed by atoms with van der Waals surface area (Å²) in [6, 6.07) is 6.34. The molecule has 1 atom stereocenters. The quantitative estimate of drug-likeness (QED) is 0.858. The van der Waals surface area contributed by atoms with Crippen molar-refractivity contribution in [3.05, 3.63) is 46.6 Å². The maximum absolute atomic E-state index is 12.8. The van der Waals surface area contributed by atoms with Gasteiger partial charge in [0.15, 0.2) is 5.82 Å². The van der Waals surface area contributed by atoms with E-state index >= 15 is 0 Å². The van der Waals surface area contributed by atoms with Gasteiger partial charge in [0, 0.05) is 10.9 Å². The molecule has 1 fully saturated rings. The van der Waals surface area contributed by atoms with E-state index in [0.717, 1.165) is 4.90 Å². The molecule has 2 heterocycles. The number of nitrogens with one attached hydrogen (secondary N) is 1. The molecule has 0 unspecified atom stereocenters. The van der Waals surface area contributed by atoms with Gasteiger partial charge in [0.25, 0.3) is 5.91 Å². The van der Waals surface area contributed by atoms with E-state index in [1.165, 1.54) is 0 Å². The van der Waals surface area contributed by atoms with Gasteiger partial charge in [0.05, 0.1) is 0 Å². The van der Waals surface area contributed by atoms with Gasteiger partial charge in [-0.05, 0) is 24.6 Å². The Bertz CT molecular complexity index is 804. The Balaban J connectivity index is 1.86. The fourth-order valence-corrected chi connectivity index (χ4v) is 2.73. The summed E-state index contributed by atoms with van der Waals surface area (Å²) in [5.41, 5.74) is -0.563. The van der Waals surface area contributed by atoms with Gasteiger partial charge < -0.3 is 9.84 Å². The van der Waals surface area contributed by atoms with Crippen LogP contribution >= 0.6 is 11.6 Å². The molecule has 1 aliphatic heterocycles. The molecule has 1 saturated heterocycles. The first-order chi connectivity index (χ1) is 11.3. The van der Waals surface area contributed by atoms with Gasteiger partial charge in [-0.3, -0.25) is 9.69 Å². The average molecular weight is 349 g/mol. The van der Waals surface area contributed by atoms with Crippen LogP contribution in [0.1, 0.15) is 44.0 Å². The Morgan fingerprint density at radius 2 is 2.12 bits per heavy atom. The molecule has 126 valence electrons. The van der Waals surface area contributed by atoms with Crippen molar-refractivity contribution in [2.24, 2.45) is 0 Å². The molecule has 0 spiro atoms. The van der Waals surface area contributed by atoms with Gasteiger partial charge in [0.2, 0.25) is 5.89 Å². The fraction of sp³-hybridized carbons (Fsp3) is 0.375. The lowest BCUT2D eigenvalue weighted by molar-refractivity contribution is -0.131. The first kappa shape index (κ1) is 16.4. The predicted molar refractivity (Wildman–Crippen MR) is 86.3 cm³/mol. The molecular weight excluding hydrogens is 332 g/mol. The topological polar surface area (TPSA) is 88.3 Å². The number of halogens is 1. The van der Waals surface area contributed by atoms with Crippen molar-refractivity contribution in [1.29, 1.82) is 0 Å². The lowest BCUT2D eigenvalue weighted by Gasteiger charge is -2.22. The molecule has 1 N–H and O–H groups in total. The van der Waals surface area contributed by atoms with Crippen LogP contribution in [0.2, 0.25) is 5.02 Å². The van der Waals surface area contributed by atoms with Crippen molar-refractivity contribution in [1.82, 2.24) is 20.4 Å². The van der Waals surface area contributed by atoms with Crippen LogP contribution in [0.3, 0.4) is 0 Å². The Labute approximate surface area is 144 Å². The second-order valence-electron chi connectivity index (χ2n) is 6.16. The third-order valence-electron chi connectivity index (χ3n) is 3.97. The molecule has 1 aromatic heterocycles. The fourth-order valence-electron chi connectivity index (χ4n) is 2.54. The van der Waals surface area contributed by atoms with E-state index in [9.17, 15) is 9.59 Å². The second-order valence-corrected chi connectivity index (χ2v) is 6.59. The minimum Gasteiger partial charge on any atom is -0.337 e. The van der Waals surface area contributed by atoms with Crippen LogP contribution in [-0.2, 0) is 16.9 Å². The first-order valence-corrected chi connectivity index (χ1v) is 7.91. The molecular formula is C16H17ClN4O3. The summed E-state index contributed by atoms with van der Waals surface area (Å²) in [5, 5.41) is 7.05. The number of imide groups is 1. The lowest BCUT2D eigenvalue weighted by atomic mass is 9.92. The van der Waals surface area contributed by atoms with Crippen LogP contribution in [0.25, 0.3) is 0 Å². The van der Waals surface area contributed by atoms with Gasteiger partial charge in [-0.1, -0.05) is 42.7 Å². The smallest absolute Gasteiger partial charge is 0.325 e. The van der Waals surface area contributed by atoms with Crippen LogP contribution in [-0.4, -0.2) is 27.0 Å². The summed E-state index contributed by atoms with van der Waals surface area (Å²) >= 11 is 6.00. The molecule has 1 aliphatic rings. The molecule has 8 heteroatoms. The number of carbonyl (C=O) groups excluding carboxylic acids is 2. The van der Waals surface area contributed by atoms with Crippen molar-refractivity contribution in [3.63, 3.8) is 0 Å². The molecule has 3 rings (SSSR count). The van der Waals surface area contributed by atoms with E-state index in [2.05, 4.69) is 15.5 Å². The minimum atomic E-state index is -1.18. The summed E-state index contributed by atoms with van der Waals surface area (Å²) in [5.74, 6) is 0.466. The highest BCUT2D eigenvalue weighted by Crippen LogP contribution is 2.31. The summed E-state index contributed by atoms with van der Waals surface area (Å²) in [7, 11) is 0. The molecule has 0 saturated carbocycles. The van der Waals surface area contributed by atoms with Gasteiger partial charge in [-0.15, -0.1) is 0 Å². The third kappa shape index (κ3) is 2.75. The minimum absolute atomic E-state index is 0.0689. The number of urea groups is 1.